The second-order valence-electron chi connectivity index (χ2n) is 8.15. The van der Waals surface area contributed by atoms with E-state index >= 15 is 0 Å². The van der Waals surface area contributed by atoms with Gasteiger partial charge in [0.2, 0.25) is 11.8 Å². The van der Waals surface area contributed by atoms with Crippen LogP contribution in [0.15, 0.2) is 82.2 Å². The van der Waals surface area contributed by atoms with Crippen LogP contribution >= 0.6 is 27.5 Å². The smallest absolute Gasteiger partial charge is 0.264 e. The zero-order chi connectivity index (χ0) is 26.5. The van der Waals surface area contributed by atoms with Gasteiger partial charge in [0.25, 0.3) is 10.0 Å². The van der Waals surface area contributed by atoms with Crippen LogP contribution in [0.3, 0.4) is 0 Å². The van der Waals surface area contributed by atoms with Crippen molar-refractivity contribution in [1.82, 2.24) is 10.2 Å². The summed E-state index contributed by atoms with van der Waals surface area (Å²) in [6.07, 6.45) is 0. The lowest BCUT2D eigenvalue weighted by Crippen LogP contribution is -2.50. The molecule has 0 bridgehead atoms. The highest BCUT2D eigenvalue weighted by molar-refractivity contribution is 9.10. The summed E-state index contributed by atoms with van der Waals surface area (Å²) in [6.45, 7) is 2.89. The molecule has 0 aliphatic heterocycles. The highest BCUT2D eigenvalue weighted by Gasteiger charge is 2.33. The molecule has 0 unspecified atom stereocenters. The minimum Gasteiger partial charge on any atom is -0.357 e. The van der Waals surface area contributed by atoms with Crippen LogP contribution < -0.4 is 9.62 Å². The van der Waals surface area contributed by atoms with Crippen molar-refractivity contribution < 1.29 is 18.0 Å². The molecule has 1 N–H and O–H groups in total. The SMILES string of the molecule is CNC(=O)[C@H](C)N(Cc1cccc(Br)c1)C(=O)CN(c1cccc(Cl)c1C)S(=O)(=O)c1ccccc1. The third kappa shape index (κ3) is 6.27. The molecular weight excluding hydrogens is 566 g/mol. The summed E-state index contributed by atoms with van der Waals surface area (Å²) in [6, 6.07) is 19.3. The van der Waals surface area contributed by atoms with E-state index in [9.17, 15) is 18.0 Å². The number of carbonyl (C=O) groups is 2. The second kappa shape index (κ2) is 11.9. The van der Waals surface area contributed by atoms with Crippen molar-refractivity contribution in [3.63, 3.8) is 0 Å². The fraction of sp³-hybridized carbons (Fsp3) is 0.231. The third-order valence-corrected chi connectivity index (χ3v) is 8.45. The number of amides is 2. The van der Waals surface area contributed by atoms with E-state index < -0.39 is 28.5 Å². The zero-order valence-corrected chi connectivity index (χ0v) is 23.3. The maximum absolute atomic E-state index is 13.7. The predicted molar refractivity (Wildman–Crippen MR) is 145 cm³/mol. The Balaban J connectivity index is 2.07. The Bertz CT molecular complexity index is 1350. The van der Waals surface area contributed by atoms with Crippen LogP contribution in [0.25, 0.3) is 0 Å². The number of hydrogen-bond donors (Lipinski definition) is 1. The topological polar surface area (TPSA) is 86.8 Å². The molecule has 0 aromatic heterocycles. The lowest BCUT2D eigenvalue weighted by Gasteiger charge is -2.32. The Labute approximate surface area is 225 Å². The Hall–Kier alpha value is -2.88. The van der Waals surface area contributed by atoms with Crippen molar-refractivity contribution in [2.24, 2.45) is 0 Å². The van der Waals surface area contributed by atoms with Crippen LogP contribution in [-0.4, -0.2) is 44.8 Å². The summed E-state index contributed by atoms with van der Waals surface area (Å²) in [7, 11) is -2.65. The second-order valence-corrected chi connectivity index (χ2v) is 11.3. The van der Waals surface area contributed by atoms with Gasteiger partial charge in [-0.25, -0.2) is 8.42 Å². The van der Waals surface area contributed by atoms with Gasteiger partial charge in [-0.15, -0.1) is 0 Å². The van der Waals surface area contributed by atoms with Crippen LogP contribution in [0.4, 0.5) is 5.69 Å². The van der Waals surface area contributed by atoms with Crippen molar-refractivity contribution in [2.45, 2.75) is 31.3 Å². The van der Waals surface area contributed by atoms with E-state index in [-0.39, 0.29) is 23.0 Å². The van der Waals surface area contributed by atoms with Gasteiger partial charge in [0.15, 0.2) is 0 Å². The van der Waals surface area contributed by atoms with Crippen LogP contribution in [-0.2, 0) is 26.2 Å². The molecule has 3 rings (SSSR count). The van der Waals surface area contributed by atoms with Gasteiger partial charge in [0.1, 0.15) is 12.6 Å². The van der Waals surface area contributed by atoms with Crippen LogP contribution in [0, 0.1) is 6.92 Å². The molecule has 0 heterocycles. The first-order valence-corrected chi connectivity index (χ1v) is 13.8. The summed E-state index contributed by atoms with van der Waals surface area (Å²) < 4.78 is 29.4. The largest absolute Gasteiger partial charge is 0.357 e. The highest BCUT2D eigenvalue weighted by atomic mass is 79.9. The van der Waals surface area contributed by atoms with Crippen LogP contribution in [0.2, 0.25) is 5.02 Å². The van der Waals surface area contributed by atoms with Gasteiger partial charge in [0.05, 0.1) is 10.6 Å². The fourth-order valence-electron chi connectivity index (χ4n) is 3.72. The van der Waals surface area contributed by atoms with E-state index in [1.165, 1.54) is 24.1 Å². The van der Waals surface area contributed by atoms with Crippen molar-refractivity contribution in [2.75, 3.05) is 17.9 Å². The summed E-state index contributed by atoms with van der Waals surface area (Å²) >= 11 is 9.74. The molecule has 2 amide bonds. The van der Waals surface area contributed by atoms with E-state index in [1.54, 1.807) is 50.2 Å². The lowest BCUT2D eigenvalue weighted by atomic mass is 10.1. The maximum Gasteiger partial charge on any atom is 0.264 e. The van der Waals surface area contributed by atoms with Gasteiger partial charge in [0, 0.05) is 23.1 Å². The van der Waals surface area contributed by atoms with Crippen LogP contribution in [0.5, 0.6) is 0 Å². The molecule has 190 valence electrons. The molecular formula is C26H27BrClN3O4S. The number of likely N-dealkylation sites (N-methyl/N-ethyl adjacent to an activating group) is 1. The van der Waals surface area contributed by atoms with Crippen LogP contribution in [0.1, 0.15) is 18.1 Å². The zero-order valence-electron chi connectivity index (χ0n) is 20.1. The number of hydrogen-bond acceptors (Lipinski definition) is 4. The third-order valence-electron chi connectivity index (χ3n) is 5.77. The number of nitrogens with zero attached hydrogens (tertiary/aromatic N) is 2. The molecule has 1 atom stereocenters. The molecule has 0 aliphatic rings. The number of carbonyl (C=O) groups excluding carboxylic acids is 2. The fourth-order valence-corrected chi connectivity index (χ4v) is 5.83. The molecule has 3 aromatic carbocycles. The van der Waals surface area contributed by atoms with E-state index in [4.69, 9.17) is 11.6 Å². The monoisotopic (exact) mass is 591 g/mol. The first-order chi connectivity index (χ1) is 17.1. The maximum atomic E-state index is 13.7. The van der Waals surface area contributed by atoms with Gasteiger partial charge >= 0.3 is 0 Å². The standard InChI is InChI=1S/C26H27BrClN3O4S/c1-18-23(28)13-8-14-24(18)31(36(34,35)22-11-5-4-6-12-22)17-25(32)30(19(2)26(33)29-3)16-20-9-7-10-21(27)15-20/h4-15,19H,16-17H2,1-3H3,(H,29,33)/t19-/m0/s1. The number of anilines is 1. The molecule has 0 saturated carbocycles. The van der Waals surface area contributed by atoms with E-state index in [1.807, 2.05) is 24.3 Å². The Morgan fingerprint density at radius 3 is 2.33 bits per heavy atom. The van der Waals surface area contributed by atoms with Gasteiger partial charge in [-0.1, -0.05) is 63.9 Å². The number of nitrogens with one attached hydrogen (secondary N) is 1. The van der Waals surface area contributed by atoms with Gasteiger partial charge in [-0.3, -0.25) is 13.9 Å². The number of sulfonamides is 1. The number of rotatable bonds is 9. The minimum absolute atomic E-state index is 0.0371. The Kier molecular flexibility index (Phi) is 9.16. The number of benzene rings is 3. The van der Waals surface area contributed by atoms with E-state index in [0.29, 0.717) is 10.6 Å². The molecule has 0 saturated heterocycles. The highest BCUT2D eigenvalue weighted by Crippen LogP contribution is 2.31. The van der Waals surface area contributed by atoms with E-state index in [2.05, 4.69) is 21.2 Å². The van der Waals surface area contributed by atoms with Gasteiger partial charge in [-0.2, -0.15) is 0 Å². The van der Waals surface area contributed by atoms with Crippen molar-refractivity contribution in [1.29, 1.82) is 0 Å². The molecule has 0 aliphatic carbocycles. The first-order valence-electron chi connectivity index (χ1n) is 11.1. The minimum atomic E-state index is -4.13. The van der Waals surface area contributed by atoms with Gasteiger partial charge < -0.3 is 10.2 Å². The molecule has 7 nitrogen and oxygen atoms in total. The lowest BCUT2D eigenvalue weighted by molar-refractivity contribution is -0.139. The Morgan fingerprint density at radius 1 is 1.03 bits per heavy atom. The van der Waals surface area contributed by atoms with Crippen molar-refractivity contribution in [3.8, 4) is 0 Å². The molecule has 0 fully saturated rings. The van der Waals surface area contributed by atoms with Crippen molar-refractivity contribution >= 4 is 55.1 Å². The molecule has 0 spiro atoms. The summed E-state index contributed by atoms with van der Waals surface area (Å²) in [5.41, 5.74) is 1.59. The molecule has 10 heteroatoms. The quantitative estimate of drug-likeness (QED) is 0.388. The Morgan fingerprint density at radius 2 is 1.69 bits per heavy atom. The summed E-state index contributed by atoms with van der Waals surface area (Å²) in [5, 5.41) is 2.94. The summed E-state index contributed by atoms with van der Waals surface area (Å²) in [5.74, 6) is -0.903. The predicted octanol–water partition coefficient (Wildman–Crippen LogP) is 4.77. The van der Waals surface area contributed by atoms with Crippen molar-refractivity contribution in [3.05, 3.63) is 93.4 Å². The molecule has 3 aromatic rings. The van der Waals surface area contributed by atoms with E-state index in [0.717, 1.165) is 14.3 Å². The summed E-state index contributed by atoms with van der Waals surface area (Å²) in [4.78, 5) is 27.7. The average molecular weight is 593 g/mol. The number of halogens is 2. The average Bonchev–Trinajstić information content (AvgIpc) is 2.87. The molecule has 36 heavy (non-hydrogen) atoms. The molecule has 0 radical (unpaired) electrons. The normalized spacial score (nSPS) is 12.0. The first kappa shape index (κ1) is 27.7. The van der Waals surface area contributed by atoms with Gasteiger partial charge in [-0.05, 0) is 61.4 Å².